The van der Waals surface area contributed by atoms with E-state index in [1.54, 1.807) is 25.2 Å². The maximum atomic E-state index is 12.9. The van der Waals surface area contributed by atoms with Crippen LogP contribution in [0.25, 0.3) is 0 Å². The molecule has 20 heavy (non-hydrogen) atoms. The average molecular weight is 272 g/mol. The van der Waals surface area contributed by atoms with Crippen molar-refractivity contribution >= 4 is 11.6 Å². The summed E-state index contributed by atoms with van der Waals surface area (Å²) in [6, 6.07) is 13.2. The summed E-state index contributed by atoms with van der Waals surface area (Å²) in [5, 5.41) is 5.89. The number of para-hydroxylation sites is 1. The van der Waals surface area contributed by atoms with Gasteiger partial charge in [0.05, 0.1) is 11.6 Å². The standard InChI is InChI=1S/C16H17FN2O/c1-11(12-7-9-13(17)10-8-12)19-16(20)14-5-3-4-6-15(14)18-2/h3-11,18H,1-2H3,(H,19,20)/t11-/m0/s1. The van der Waals surface area contributed by atoms with E-state index < -0.39 is 0 Å². The van der Waals surface area contributed by atoms with E-state index in [9.17, 15) is 9.18 Å². The van der Waals surface area contributed by atoms with Gasteiger partial charge in [-0.05, 0) is 36.8 Å². The van der Waals surface area contributed by atoms with Gasteiger partial charge < -0.3 is 10.6 Å². The number of halogens is 1. The molecule has 2 N–H and O–H groups in total. The molecule has 4 heteroatoms. The third-order valence-corrected chi connectivity index (χ3v) is 3.16. The molecular formula is C16H17FN2O. The molecule has 0 aliphatic rings. The van der Waals surface area contributed by atoms with Crippen LogP contribution in [0.3, 0.4) is 0 Å². The Labute approximate surface area is 117 Å². The first-order chi connectivity index (χ1) is 9.61. The molecule has 0 radical (unpaired) electrons. The molecular weight excluding hydrogens is 255 g/mol. The van der Waals surface area contributed by atoms with Gasteiger partial charge in [-0.2, -0.15) is 0 Å². The van der Waals surface area contributed by atoms with Gasteiger partial charge in [0.25, 0.3) is 5.91 Å². The maximum absolute atomic E-state index is 12.9. The van der Waals surface area contributed by atoms with Crippen LogP contribution in [0.15, 0.2) is 48.5 Å². The fourth-order valence-electron chi connectivity index (χ4n) is 2.01. The van der Waals surface area contributed by atoms with Gasteiger partial charge in [-0.1, -0.05) is 24.3 Å². The molecule has 0 unspecified atom stereocenters. The van der Waals surface area contributed by atoms with Crippen molar-refractivity contribution in [3.05, 3.63) is 65.5 Å². The molecule has 0 aromatic heterocycles. The van der Waals surface area contributed by atoms with Crippen LogP contribution in [0, 0.1) is 5.82 Å². The van der Waals surface area contributed by atoms with Crippen LogP contribution >= 0.6 is 0 Å². The highest BCUT2D eigenvalue weighted by atomic mass is 19.1. The lowest BCUT2D eigenvalue weighted by Crippen LogP contribution is -2.27. The second-order valence-electron chi connectivity index (χ2n) is 4.54. The van der Waals surface area contributed by atoms with E-state index in [4.69, 9.17) is 0 Å². The maximum Gasteiger partial charge on any atom is 0.253 e. The normalized spacial score (nSPS) is 11.8. The van der Waals surface area contributed by atoms with Gasteiger partial charge in [0.15, 0.2) is 0 Å². The third-order valence-electron chi connectivity index (χ3n) is 3.16. The number of amides is 1. The van der Waals surface area contributed by atoms with Crippen molar-refractivity contribution in [1.82, 2.24) is 5.32 Å². The quantitative estimate of drug-likeness (QED) is 0.896. The van der Waals surface area contributed by atoms with E-state index in [2.05, 4.69) is 10.6 Å². The second kappa shape index (κ2) is 6.19. The number of nitrogens with one attached hydrogen (secondary N) is 2. The Kier molecular flexibility index (Phi) is 4.35. The number of carbonyl (C=O) groups is 1. The molecule has 0 saturated carbocycles. The molecule has 0 spiro atoms. The largest absolute Gasteiger partial charge is 0.387 e. The molecule has 0 aliphatic carbocycles. The first-order valence-electron chi connectivity index (χ1n) is 6.45. The van der Waals surface area contributed by atoms with Gasteiger partial charge in [-0.25, -0.2) is 4.39 Å². The highest BCUT2D eigenvalue weighted by Gasteiger charge is 2.13. The van der Waals surface area contributed by atoms with E-state index >= 15 is 0 Å². The average Bonchev–Trinajstić information content (AvgIpc) is 2.47. The lowest BCUT2D eigenvalue weighted by molar-refractivity contribution is 0.0940. The van der Waals surface area contributed by atoms with Crippen molar-refractivity contribution in [1.29, 1.82) is 0 Å². The van der Waals surface area contributed by atoms with E-state index in [-0.39, 0.29) is 17.8 Å². The zero-order valence-electron chi connectivity index (χ0n) is 11.5. The zero-order chi connectivity index (χ0) is 14.5. The monoisotopic (exact) mass is 272 g/mol. The molecule has 0 saturated heterocycles. The highest BCUT2D eigenvalue weighted by Crippen LogP contribution is 2.17. The van der Waals surface area contributed by atoms with Crippen molar-refractivity contribution in [3.8, 4) is 0 Å². The predicted octanol–water partition coefficient (Wildman–Crippen LogP) is 3.36. The Morgan fingerprint density at radius 1 is 1.10 bits per heavy atom. The Morgan fingerprint density at radius 2 is 1.75 bits per heavy atom. The highest BCUT2D eigenvalue weighted by molar-refractivity contribution is 5.99. The van der Waals surface area contributed by atoms with E-state index in [0.717, 1.165) is 11.3 Å². The minimum atomic E-state index is -0.284. The van der Waals surface area contributed by atoms with Crippen molar-refractivity contribution in [2.45, 2.75) is 13.0 Å². The van der Waals surface area contributed by atoms with Gasteiger partial charge in [0.1, 0.15) is 5.82 Å². The molecule has 0 heterocycles. The van der Waals surface area contributed by atoms with E-state index in [1.807, 2.05) is 25.1 Å². The first-order valence-corrected chi connectivity index (χ1v) is 6.45. The van der Waals surface area contributed by atoms with Crippen LogP contribution < -0.4 is 10.6 Å². The van der Waals surface area contributed by atoms with Gasteiger partial charge in [-0.15, -0.1) is 0 Å². The predicted molar refractivity (Wildman–Crippen MR) is 78.3 cm³/mol. The van der Waals surface area contributed by atoms with Crippen LogP contribution in [0.1, 0.15) is 28.9 Å². The molecule has 2 rings (SSSR count). The second-order valence-corrected chi connectivity index (χ2v) is 4.54. The summed E-state index contributed by atoms with van der Waals surface area (Å²) in [6.07, 6.45) is 0. The summed E-state index contributed by atoms with van der Waals surface area (Å²) < 4.78 is 12.9. The summed E-state index contributed by atoms with van der Waals surface area (Å²) in [5.74, 6) is -0.445. The van der Waals surface area contributed by atoms with Crippen LogP contribution in [0.5, 0.6) is 0 Å². The summed E-state index contributed by atoms with van der Waals surface area (Å²) in [6.45, 7) is 1.87. The molecule has 0 aliphatic heterocycles. The number of rotatable bonds is 4. The zero-order valence-corrected chi connectivity index (χ0v) is 11.5. The van der Waals surface area contributed by atoms with Crippen LogP contribution in [-0.4, -0.2) is 13.0 Å². The molecule has 2 aromatic rings. The Balaban J connectivity index is 2.13. The van der Waals surface area contributed by atoms with Gasteiger partial charge in [0, 0.05) is 12.7 Å². The molecule has 1 atom stereocenters. The van der Waals surface area contributed by atoms with E-state index in [1.165, 1.54) is 12.1 Å². The topological polar surface area (TPSA) is 41.1 Å². The van der Waals surface area contributed by atoms with E-state index in [0.29, 0.717) is 5.56 Å². The summed E-state index contributed by atoms with van der Waals surface area (Å²) in [7, 11) is 1.77. The lowest BCUT2D eigenvalue weighted by Gasteiger charge is -2.16. The van der Waals surface area contributed by atoms with Crippen LogP contribution in [0.4, 0.5) is 10.1 Å². The van der Waals surface area contributed by atoms with Crippen molar-refractivity contribution in [3.63, 3.8) is 0 Å². The smallest absolute Gasteiger partial charge is 0.253 e. The minimum Gasteiger partial charge on any atom is -0.387 e. The van der Waals surface area contributed by atoms with Crippen molar-refractivity contribution in [2.75, 3.05) is 12.4 Å². The fraction of sp³-hybridized carbons (Fsp3) is 0.188. The molecule has 104 valence electrons. The third kappa shape index (κ3) is 3.15. The van der Waals surface area contributed by atoms with Crippen molar-refractivity contribution in [2.24, 2.45) is 0 Å². The van der Waals surface area contributed by atoms with Gasteiger partial charge >= 0.3 is 0 Å². The van der Waals surface area contributed by atoms with Gasteiger partial charge in [-0.3, -0.25) is 4.79 Å². The van der Waals surface area contributed by atoms with Crippen LogP contribution in [0.2, 0.25) is 0 Å². The SMILES string of the molecule is CNc1ccccc1C(=O)N[C@@H](C)c1ccc(F)cc1. The fourth-order valence-corrected chi connectivity index (χ4v) is 2.01. The molecule has 1 amide bonds. The first kappa shape index (κ1) is 14.1. The lowest BCUT2D eigenvalue weighted by atomic mass is 10.1. The molecule has 0 bridgehead atoms. The van der Waals surface area contributed by atoms with Crippen molar-refractivity contribution < 1.29 is 9.18 Å². The summed E-state index contributed by atoms with van der Waals surface area (Å²) in [4.78, 5) is 12.2. The summed E-state index contributed by atoms with van der Waals surface area (Å²) >= 11 is 0. The van der Waals surface area contributed by atoms with Gasteiger partial charge in [0.2, 0.25) is 0 Å². The Hall–Kier alpha value is -2.36. The number of hydrogen-bond donors (Lipinski definition) is 2. The minimum absolute atomic E-state index is 0.160. The number of hydrogen-bond acceptors (Lipinski definition) is 2. The number of benzene rings is 2. The number of anilines is 1. The Morgan fingerprint density at radius 3 is 2.40 bits per heavy atom. The molecule has 2 aromatic carbocycles. The number of carbonyl (C=O) groups excluding carboxylic acids is 1. The molecule has 0 fully saturated rings. The Bertz CT molecular complexity index is 596. The summed E-state index contributed by atoms with van der Waals surface area (Å²) in [5.41, 5.74) is 2.22. The molecule has 3 nitrogen and oxygen atoms in total. The van der Waals surface area contributed by atoms with Crippen LogP contribution in [-0.2, 0) is 0 Å².